The van der Waals surface area contributed by atoms with E-state index in [4.69, 9.17) is 9.47 Å². The molecular formula is C16H19NO5. The quantitative estimate of drug-likeness (QED) is 0.632. The molecule has 1 atom stereocenters. The lowest BCUT2D eigenvalue weighted by molar-refractivity contribution is -0.165. The summed E-state index contributed by atoms with van der Waals surface area (Å²) in [5, 5.41) is 0. The molecule has 1 aliphatic heterocycles. The van der Waals surface area contributed by atoms with Crippen molar-refractivity contribution in [3.63, 3.8) is 0 Å². The Morgan fingerprint density at radius 1 is 1.23 bits per heavy atom. The number of esters is 1. The predicted molar refractivity (Wildman–Crippen MR) is 77.7 cm³/mol. The van der Waals surface area contributed by atoms with E-state index in [1.54, 1.807) is 20.8 Å². The molecule has 0 unspecified atom stereocenters. The van der Waals surface area contributed by atoms with Gasteiger partial charge in [-0.3, -0.25) is 4.79 Å². The fourth-order valence-corrected chi connectivity index (χ4v) is 1.97. The van der Waals surface area contributed by atoms with Gasteiger partial charge >= 0.3 is 12.1 Å². The number of β-lactam (4-membered cyclic amide) rings is 1. The maximum Gasteiger partial charge on any atom is 0.417 e. The van der Waals surface area contributed by atoms with Gasteiger partial charge in [0.25, 0.3) is 0 Å². The third-order valence-electron chi connectivity index (χ3n) is 3.03. The van der Waals surface area contributed by atoms with Crippen molar-refractivity contribution < 1.29 is 23.9 Å². The Bertz CT molecular complexity index is 576. The maximum atomic E-state index is 12.0. The molecule has 1 saturated heterocycles. The molecule has 0 N–H and O–H groups in total. The van der Waals surface area contributed by atoms with Crippen LogP contribution in [0.5, 0.6) is 0 Å². The number of carbonyl (C=O) groups excluding carboxylic acids is 3. The average Bonchev–Trinajstić information content (AvgIpc) is 2.41. The summed E-state index contributed by atoms with van der Waals surface area (Å²) in [6.45, 7) is 5.18. The number of carbonyl (C=O) groups is 3. The van der Waals surface area contributed by atoms with Crippen molar-refractivity contribution in [3.05, 3.63) is 35.9 Å². The fraction of sp³-hybridized carbons (Fsp3) is 0.438. The van der Waals surface area contributed by atoms with E-state index in [0.717, 1.165) is 10.5 Å². The predicted octanol–water partition coefficient (Wildman–Crippen LogP) is 2.27. The summed E-state index contributed by atoms with van der Waals surface area (Å²) in [6, 6.07) is 8.29. The lowest BCUT2D eigenvalue weighted by atomic mass is 10.0. The molecular weight excluding hydrogens is 286 g/mol. The van der Waals surface area contributed by atoms with E-state index < -0.39 is 29.6 Å². The number of benzene rings is 1. The normalized spacial score (nSPS) is 17.7. The summed E-state index contributed by atoms with van der Waals surface area (Å²) >= 11 is 0. The van der Waals surface area contributed by atoms with Gasteiger partial charge in [0, 0.05) is 0 Å². The zero-order valence-electron chi connectivity index (χ0n) is 12.9. The maximum absolute atomic E-state index is 12.0. The van der Waals surface area contributed by atoms with Crippen molar-refractivity contribution in [2.24, 2.45) is 0 Å². The van der Waals surface area contributed by atoms with Crippen molar-refractivity contribution in [1.82, 2.24) is 4.90 Å². The van der Waals surface area contributed by atoms with Gasteiger partial charge in [0.05, 0.1) is 6.42 Å². The highest BCUT2D eigenvalue weighted by atomic mass is 16.6. The molecule has 1 aromatic carbocycles. The number of imide groups is 1. The Kier molecular flexibility index (Phi) is 4.49. The Hall–Kier alpha value is -2.37. The van der Waals surface area contributed by atoms with Gasteiger partial charge in [-0.05, 0) is 26.3 Å². The molecule has 0 spiro atoms. The van der Waals surface area contributed by atoms with Gasteiger partial charge in [0.1, 0.15) is 18.2 Å². The first kappa shape index (κ1) is 16.0. The van der Waals surface area contributed by atoms with Crippen LogP contribution in [0.4, 0.5) is 4.79 Å². The molecule has 0 bridgehead atoms. The van der Waals surface area contributed by atoms with E-state index in [0.29, 0.717) is 0 Å². The third kappa shape index (κ3) is 3.84. The molecule has 1 aliphatic rings. The van der Waals surface area contributed by atoms with Crippen molar-refractivity contribution >= 4 is 18.0 Å². The summed E-state index contributed by atoms with van der Waals surface area (Å²) < 4.78 is 10.3. The minimum atomic E-state index is -0.897. The second kappa shape index (κ2) is 6.17. The molecule has 22 heavy (non-hydrogen) atoms. The van der Waals surface area contributed by atoms with E-state index in [1.807, 2.05) is 30.3 Å². The number of likely N-dealkylation sites (tertiary alicyclic amines) is 1. The van der Waals surface area contributed by atoms with Gasteiger partial charge in [-0.25, -0.2) is 14.5 Å². The van der Waals surface area contributed by atoms with Crippen molar-refractivity contribution in [3.8, 4) is 0 Å². The number of amides is 2. The molecule has 0 saturated carbocycles. The Labute approximate surface area is 129 Å². The Morgan fingerprint density at radius 3 is 2.41 bits per heavy atom. The molecule has 1 heterocycles. The molecule has 6 nitrogen and oxygen atoms in total. The first-order chi connectivity index (χ1) is 10.3. The second-order valence-corrected chi connectivity index (χ2v) is 6.06. The van der Waals surface area contributed by atoms with E-state index in [9.17, 15) is 14.4 Å². The van der Waals surface area contributed by atoms with Crippen LogP contribution in [0, 0.1) is 0 Å². The Morgan fingerprint density at radius 2 is 1.86 bits per heavy atom. The summed E-state index contributed by atoms with van der Waals surface area (Å²) in [5.41, 5.74) is 0.108. The largest absolute Gasteiger partial charge is 0.459 e. The molecule has 1 aromatic rings. The van der Waals surface area contributed by atoms with Crippen LogP contribution in [-0.4, -0.2) is 34.5 Å². The van der Waals surface area contributed by atoms with E-state index in [1.165, 1.54) is 0 Å². The number of ether oxygens (including phenoxy) is 2. The van der Waals surface area contributed by atoms with Crippen LogP contribution in [0.3, 0.4) is 0 Å². The summed E-state index contributed by atoms with van der Waals surface area (Å²) in [5.74, 6) is -1.04. The van der Waals surface area contributed by atoms with Crippen LogP contribution < -0.4 is 0 Å². The van der Waals surface area contributed by atoms with Gasteiger partial charge < -0.3 is 9.47 Å². The highest BCUT2D eigenvalue weighted by Gasteiger charge is 2.48. The molecule has 0 aliphatic carbocycles. The topological polar surface area (TPSA) is 72.9 Å². The van der Waals surface area contributed by atoms with Crippen LogP contribution in [-0.2, 0) is 25.7 Å². The van der Waals surface area contributed by atoms with Gasteiger partial charge in [0.15, 0.2) is 0 Å². The molecule has 6 heteroatoms. The van der Waals surface area contributed by atoms with Crippen molar-refractivity contribution in [1.29, 1.82) is 0 Å². The smallest absolute Gasteiger partial charge is 0.417 e. The second-order valence-electron chi connectivity index (χ2n) is 6.06. The molecule has 2 amide bonds. The highest BCUT2D eigenvalue weighted by Crippen LogP contribution is 2.24. The SMILES string of the molecule is CC(C)(C)OC(=O)N1C(=O)C[C@H]1C(=O)OCc1ccccc1. The summed E-state index contributed by atoms with van der Waals surface area (Å²) in [6.07, 6.45) is -0.849. The van der Waals surface area contributed by atoms with Crippen LogP contribution in [0.15, 0.2) is 30.3 Å². The van der Waals surface area contributed by atoms with Crippen LogP contribution >= 0.6 is 0 Å². The lowest BCUT2D eigenvalue weighted by Crippen LogP contribution is -2.60. The fourth-order valence-electron chi connectivity index (χ4n) is 1.97. The number of rotatable bonds is 3. The summed E-state index contributed by atoms with van der Waals surface area (Å²) in [7, 11) is 0. The standard InChI is InChI=1S/C16H19NO5/c1-16(2,3)22-15(20)17-12(9-13(17)18)14(19)21-10-11-7-5-4-6-8-11/h4-8,12H,9-10H2,1-3H3/t12-/m0/s1. The minimum absolute atomic E-state index is 0.0349. The monoisotopic (exact) mass is 305 g/mol. The zero-order chi connectivity index (χ0) is 16.3. The van der Waals surface area contributed by atoms with Crippen LogP contribution in [0.1, 0.15) is 32.8 Å². The van der Waals surface area contributed by atoms with Gasteiger partial charge in [-0.2, -0.15) is 0 Å². The van der Waals surface area contributed by atoms with Crippen molar-refractivity contribution in [2.75, 3.05) is 0 Å². The minimum Gasteiger partial charge on any atom is -0.459 e. The van der Waals surface area contributed by atoms with E-state index in [-0.39, 0.29) is 13.0 Å². The van der Waals surface area contributed by atoms with Gasteiger partial charge in [-0.15, -0.1) is 0 Å². The average molecular weight is 305 g/mol. The number of hydrogen-bond acceptors (Lipinski definition) is 5. The third-order valence-corrected chi connectivity index (χ3v) is 3.03. The number of hydrogen-bond donors (Lipinski definition) is 0. The lowest BCUT2D eigenvalue weighted by Gasteiger charge is -2.37. The van der Waals surface area contributed by atoms with Gasteiger partial charge in [0.2, 0.25) is 5.91 Å². The van der Waals surface area contributed by atoms with Gasteiger partial charge in [-0.1, -0.05) is 30.3 Å². The molecule has 2 rings (SSSR count). The van der Waals surface area contributed by atoms with E-state index in [2.05, 4.69) is 0 Å². The highest BCUT2D eigenvalue weighted by molar-refractivity contribution is 6.04. The zero-order valence-corrected chi connectivity index (χ0v) is 12.9. The van der Waals surface area contributed by atoms with Crippen molar-refractivity contribution in [2.45, 2.75) is 45.4 Å². The molecule has 0 radical (unpaired) electrons. The molecule has 0 aromatic heterocycles. The first-order valence-corrected chi connectivity index (χ1v) is 7.03. The first-order valence-electron chi connectivity index (χ1n) is 7.03. The van der Waals surface area contributed by atoms with Crippen LogP contribution in [0.25, 0.3) is 0 Å². The Balaban J connectivity index is 1.92. The molecule has 1 fully saturated rings. The van der Waals surface area contributed by atoms with E-state index >= 15 is 0 Å². The molecule has 118 valence electrons. The van der Waals surface area contributed by atoms with Crippen LogP contribution in [0.2, 0.25) is 0 Å². The summed E-state index contributed by atoms with van der Waals surface area (Å²) in [4.78, 5) is 36.3. The number of nitrogens with zero attached hydrogens (tertiary/aromatic N) is 1.